The van der Waals surface area contributed by atoms with E-state index in [4.69, 9.17) is 28.7 Å². The monoisotopic (exact) mass is 1170 g/mol. The fraction of sp³-hybridized carbons (Fsp3) is 0.792. The molecule has 29 heteroatoms. The summed E-state index contributed by atoms with van der Waals surface area (Å²) in [4.78, 5) is 153. The summed E-state index contributed by atoms with van der Waals surface area (Å²) in [6.45, 7) is 12.7. The van der Waals surface area contributed by atoms with Gasteiger partial charge in [0.15, 0.2) is 0 Å². The van der Waals surface area contributed by atoms with Gasteiger partial charge in [-0.15, -0.1) is 0 Å². The zero-order valence-corrected chi connectivity index (χ0v) is 49.4. The van der Waals surface area contributed by atoms with Crippen molar-refractivity contribution in [1.29, 1.82) is 0 Å². The van der Waals surface area contributed by atoms with Crippen molar-refractivity contribution in [3.05, 3.63) is 0 Å². The molecule has 1 rings (SSSR count). The molecule has 82 heavy (non-hydrogen) atoms. The van der Waals surface area contributed by atoms with E-state index in [1.807, 2.05) is 0 Å². The third kappa shape index (κ3) is 27.8. The highest BCUT2D eigenvalue weighted by molar-refractivity contribution is 5.99. The molecule has 11 amide bonds. The van der Waals surface area contributed by atoms with Gasteiger partial charge in [-0.05, 0) is 122 Å². The van der Waals surface area contributed by atoms with Crippen LogP contribution in [0.3, 0.4) is 0 Å². The average molecular weight is 1170 g/mol. The fourth-order valence-corrected chi connectivity index (χ4v) is 8.80. The second-order valence-electron chi connectivity index (χ2n) is 22.2. The van der Waals surface area contributed by atoms with Gasteiger partial charge in [0.2, 0.25) is 65.0 Å². The minimum atomic E-state index is -1.69. The second-order valence-corrected chi connectivity index (χ2v) is 22.2. The van der Waals surface area contributed by atoms with E-state index in [9.17, 15) is 63.0 Å². The van der Waals surface area contributed by atoms with E-state index in [-0.39, 0.29) is 95.9 Å². The Hall–Kier alpha value is -6.11. The van der Waals surface area contributed by atoms with Gasteiger partial charge in [-0.25, -0.2) is 0 Å². The summed E-state index contributed by atoms with van der Waals surface area (Å²) >= 11 is 0. The van der Waals surface area contributed by atoms with Crippen molar-refractivity contribution in [3.63, 3.8) is 0 Å². The molecule has 29 nitrogen and oxygen atoms in total. The molecular formula is C53H100N16O13. The number of rotatable bonds is 29. The van der Waals surface area contributed by atoms with Gasteiger partial charge in [0.05, 0.1) is 12.2 Å². The van der Waals surface area contributed by atoms with Crippen LogP contribution in [0.25, 0.3) is 0 Å². The summed E-state index contributed by atoms with van der Waals surface area (Å²) in [7, 11) is 0. The van der Waals surface area contributed by atoms with Gasteiger partial charge in [-0.1, -0.05) is 60.8 Å². The number of hydrogen-bond acceptors (Lipinski definition) is 18. The van der Waals surface area contributed by atoms with E-state index < -0.39 is 151 Å². The number of nitrogens with one attached hydrogen (secondary N) is 11. The number of carbonyl (C=O) groups excluding carboxylic acids is 11. The minimum absolute atomic E-state index is 0.0126. The van der Waals surface area contributed by atoms with Crippen LogP contribution in [0, 0.1) is 17.8 Å². The summed E-state index contributed by atoms with van der Waals surface area (Å²) in [6, 6.07) is -14.5. The van der Waals surface area contributed by atoms with E-state index >= 15 is 0 Å². The molecule has 0 aromatic carbocycles. The van der Waals surface area contributed by atoms with Gasteiger partial charge in [-0.2, -0.15) is 0 Å². The zero-order chi connectivity index (χ0) is 62.2. The van der Waals surface area contributed by atoms with Gasteiger partial charge in [0, 0.05) is 13.0 Å². The first-order valence-corrected chi connectivity index (χ1v) is 28.8. The lowest BCUT2D eigenvalue weighted by Crippen LogP contribution is -2.62. The van der Waals surface area contributed by atoms with Crippen molar-refractivity contribution in [2.24, 2.45) is 46.4 Å². The van der Waals surface area contributed by atoms with Crippen LogP contribution < -0.4 is 87.2 Å². The Balaban J connectivity index is 3.81. The highest BCUT2D eigenvalue weighted by Crippen LogP contribution is 2.13. The Kier molecular flexibility index (Phi) is 35.5. The quantitative estimate of drug-likeness (QED) is 0.0311. The molecule has 1 aliphatic rings. The number of aliphatic hydroxyl groups excluding tert-OH is 2. The molecule has 0 radical (unpaired) electrons. The molecule has 0 aliphatic carbocycles. The molecule has 0 spiro atoms. The molecule has 23 N–H and O–H groups in total. The standard InChI is InChI=1S/C53H100N16O13/c1-28(2)12-10-9-11-13-41(72)60-33(14-20-54)48(77)69-43(32(8)71)53(82)65-36(17-23-57)45(74)64-38-19-25-59-52(81)42(31(7)70)68-49(78)37(18-24-58)62-44(73)34(15-21-55)63-50(79)39(26-29(3)4)67-51(80)40(27-30(5)6)66-46(75)35(16-22-56)61-47(38)76/h28-40,42-43,70-71H,9-27,54-58H2,1-8H3,(H,59,81)(H,60,72)(H,61,76)(H,62,73)(H,63,79)(H,64,74)(H,65,82)(H,66,75)(H,67,80)(H,68,78)(H,69,77)/t31-,32-,33+,34+,35?,36+,37+,38?,39+,40-,42?,43+/m1/s1. The van der Waals surface area contributed by atoms with Crippen molar-refractivity contribution < 1.29 is 63.0 Å². The minimum Gasteiger partial charge on any atom is -0.391 e. The predicted octanol–water partition coefficient (Wildman–Crippen LogP) is -5.44. The molecule has 470 valence electrons. The predicted molar refractivity (Wildman–Crippen MR) is 305 cm³/mol. The first kappa shape index (κ1) is 73.9. The number of aliphatic hydroxyl groups is 2. The van der Waals surface area contributed by atoms with E-state index in [2.05, 4.69) is 72.3 Å². The Bertz CT molecular complexity index is 2060. The first-order chi connectivity index (χ1) is 38.6. The van der Waals surface area contributed by atoms with E-state index in [0.29, 0.717) is 12.3 Å². The lowest BCUT2D eigenvalue weighted by Gasteiger charge is -2.29. The topological polar surface area (TPSA) is 491 Å². The smallest absolute Gasteiger partial charge is 0.245 e. The maximum absolute atomic E-state index is 14.4. The van der Waals surface area contributed by atoms with E-state index in [1.54, 1.807) is 27.7 Å². The van der Waals surface area contributed by atoms with Crippen LogP contribution in [-0.2, 0) is 52.7 Å². The van der Waals surface area contributed by atoms with Crippen LogP contribution in [-0.4, -0.2) is 187 Å². The van der Waals surface area contributed by atoms with Crippen LogP contribution >= 0.6 is 0 Å². The Morgan fingerprint density at radius 3 is 1.35 bits per heavy atom. The summed E-state index contributed by atoms with van der Waals surface area (Å²) in [6.07, 6.45) is -0.749. The van der Waals surface area contributed by atoms with Crippen LogP contribution in [0.4, 0.5) is 0 Å². The van der Waals surface area contributed by atoms with Crippen LogP contribution in [0.2, 0.25) is 0 Å². The molecule has 0 saturated carbocycles. The van der Waals surface area contributed by atoms with Crippen LogP contribution in [0.15, 0.2) is 0 Å². The number of carbonyl (C=O) groups is 11. The number of nitrogens with two attached hydrogens (primary N) is 5. The van der Waals surface area contributed by atoms with Crippen LogP contribution in [0.1, 0.15) is 139 Å². The van der Waals surface area contributed by atoms with Gasteiger partial charge in [0.25, 0.3) is 0 Å². The molecule has 0 aromatic heterocycles. The van der Waals surface area contributed by atoms with Gasteiger partial charge >= 0.3 is 0 Å². The normalized spacial score (nSPS) is 23.1. The number of hydrogen-bond donors (Lipinski definition) is 18. The molecule has 1 aliphatic heterocycles. The van der Waals surface area contributed by atoms with Gasteiger partial charge in [-0.3, -0.25) is 52.7 Å². The average Bonchev–Trinajstić information content (AvgIpc) is 3.38. The summed E-state index contributed by atoms with van der Waals surface area (Å²) in [5.41, 5.74) is 29.2. The molecule has 1 fully saturated rings. The highest BCUT2D eigenvalue weighted by Gasteiger charge is 2.37. The maximum Gasteiger partial charge on any atom is 0.245 e. The number of amides is 11. The molecule has 0 aromatic rings. The first-order valence-electron chi connectivity index (χ1n) is 28.8. The lowest BCUT2D eigenvalue weighted by atomic mass is 9.99. The van der Waals surface area contributed by atoms with Crippen LogP contribution in [0.5, 0.6) is 0 Å². The SMILES string of the molecule is CC(C)CCCCCC(=O)N[C@@H](CCN)C(=O)N[C@H](C(=O)N[C@@H](CCN)C(=O)NC1CCNC(=O)C([C@@H](C)O)NC(=O)[C@H](CCN)NC(=O)[C@H](CCN)NC(=O)[C@H](CC(C)C)NC(=O)[C@@H](CC(C)C)NC(=O)C(CCN)NC1=O)[C@@H](C)O. The third-order valence-electron chi connectivity index (χ3n) is 13.3. The van der Waals surface area contributed by atoms with Crippen molar-refractivity contribution in [2.75, 3.05) is 39.3 Å². The molecule has 3 unspecified atom stereocenters. The number of unbranched alkanes of at least 4 members (excludes halogenated alkanes) is 2. The zero-order valence-electron chi connectivity index (χ0n) is 49.4. The Morgan fingerprint density at radius 1 is 0.488 bits per heavy atom. The molecule has 1 saturated heterocycles. The molecule has 1 heterocycles. The van der Waals surface area contributed by atoms with Crippen molar-refractivity contribution >= 4 is 65.0 Å². The summed E-state index contributed by atoms with van der Waals surface area (Å²) in [5, 5.41) is 49.5. The second kappa shape index (κ2) is 39.4. The highest BCUT2D eigenvalue weighted by atomic mass is 16.3. The van der Waals surface area contributed by atoms with E-state index in [1.165, 1.54) is 13.8 Å². The Labute approximate surface area is 482 Å². The molecule has 12 atom stereocenters. The molecule has 0 bridgehead atoms. The molecular weight excluding hydrogens is 1070 g/mol. The van der Waals surface area contributed by atoms with E-state index in [0.717, 1.165) is 19.3 Å². The van der Waals surface area contributed by atoms with Gasteiger partial charge < -0.3 is 97.4 Å². The van der Waals surface area contributed by atoms with Crippen molar-refractivity contribution in [3.8, 4) is 0 Å². The third-order valence-corrected chi connectivity index (χ3v) is 13.3. The lowest BCUT2D eigenvalue weighted by molar-refractivity contribution is -0.137. The maximum atomic E-state index is 14.4. The summed E-state index contributed by atoms with van der Waals surface area (Å²) in [5.74, 6) is -9.47. The van der Waals surface area contributed by atoms with Crippen molar-refractivity contribution in [1.82, 2.24) is 58.5 Å². The summed E-state index contributed by atoms with van der Waals surface area (Å²) < 4.78 is 0. The fourth-order valence-electron chi connectivity index (χ4n) is 8.80. The largest absolute Gasteiger partial charge is 0.391 e. The van der Waals surface area contributed by atoms with Gasteiger partial charge in [0.1, 0.15) is 60.4 Å². The Morgan fingerprint density at radius 2 is 0.927 bits per heavy atom. The van der Waals surface area contributed by atoms with Crippen molar-refractivity contribution in [2.45, 2.75) is 211 Å².